The number of amides is 1. The van der Waals surface area contributed by atoms with Gasteiger partial charge in [-0.05, 0) is 6.07 Å². The van der Waals surface area contributed by atoms with Gasteiger partial charge in [-0.1, -0.05) is 0 Å². The molecular formula is C12H11N3O4S. The van der Waals surface area contributed by atoms with Crippen LogP contribution in [0.1, 0.15) is 25.9 Å². The summed E-state index contributed by atoms with van der Waals surface area (Å²) in [6.07, 6.45) is 1.79. The fourth-order valence-electron chi connectivity index (χ4n) is 1.46. The Balaban J connectivity index is 1.86. The van der Waals surface area contributed by atoms with E-state index in [4.69, 9.17) is 5.11 Å². The Hall–Kier alpha value is -2.48. The number of carbonyl (C=O) groups is 2. The molecule has 0 radical (unpaired) electrons. The third-order valence-electron chi connectivity index (χ3n) is 2.44. The fourth-order valence-corrected chi connectivity index (χ4v) is 2.23. The number of aromatic nitrogens is 2. The maximum absolute atomic E-state index is 11.7. The van der Waals surface area contributed by atoms with Crippen LogP contribution in [-0.2, 0) is 6.42 Å². The van der Waals surface area contributed by atoms with Crippen LogP contribution in [0, 0.1) is 0 Å². The normalized spacial score (nSPS) is 10.2. The van der Waals surface area contributed by atoms with E-state index in [-0.39, 0.29) is 17.2 Å². The smallest absolute Gasteiger partial charge is 0.355 e. The number of carboxylic acid groups (broad SMARTS) is 1. The van der Waals surface area contributed by atoms with Crippen molar-refractivity contribution in [3.63, 3.8) is 0 Å². The van der Waals surface area contributed by atoms with Crippen LogP contribution >= 0.6 is 11.3 Å². The van der Waals surface area contributed by atoms with Gasteiger partial charge >= 0.3 is 5.97 Å². The van der Waals surface area contributed by atoms with Crippen LogP contribution in [0.4, 0.5) is 0 Å². The van der Waals surface area contributed by atoms with Gasteiger partial charge in [-0.25, -0.2) is 9.78 Å². The first-order chi connectivity index (χ1) is 9.56. The van der Waals surface area contributed by atoms with Gasteiger partial charge in [-0.2, -0.15) is 0 Å². The number of thiazole rings is 1. The number of nitrogens with zero attached hydrogens (tertiary/aromatic N) is 1. The molecule has 0 aliphatic carbocycles. The van der Waals surface area contributed by atoms with Crippen LogP contribution in [-0.4, -0.2) is 33.5 Å². The lowest BCUT2D eigenvalue weighted by molar-refractivity contribution is 0.0690. The van der Waals surface area contributed by atoms with Crippen LogP contribution in [0.25, 0.3) is 0 Å². The third kappa shape index (κ3) is 3.51. The molecule has 8 heteroatoms. The predicted octanol–water partition coefficient (Wildman–Crippen LogP) is 0.502. The topological polar surface area (TPSA) is 112 Å². The van der Waals surface area contributed by atoms with Crippen LogP contribution in [0.15, 0.2) is 28.5 Å². The number of rotatable bonds is 5. The van der Waals surface area contributed by atoms with Crippen molar-refractivity contribution in [2.75, 3.05) is 6.54 Å². The van der Waals surface area contributed by atoms with Crippen molar-refractivity contribution in [1.29, 1.82) is 0 Å². The maximum atomic E-state index is 11.7. The molecule has 2 rings (SSSR count). The van der Waals surface area contributed by atoms with Gasteiger partial charge < -0.3 is 15.4 Å². The standard InChI is InChI=1S/C12H11N3O4S/c16-9-2-1-7(5-14-9)11(17)13-4-3-10-15-8(6-20-10)12(18)19/h1-2,5-6H,3-4H2,(H,13,17)(H,14,16)(H,18,19). The Bertz CT molecular complexity index is 672. The molecule has 2 aromatic heterocycles. The van der Waals surface area contributed by atoms with Gasteiger partial charge in [0.1, 0.15) is 0 Å². The Morgan fingerprint density at radius 1 is 1.40 bits per heavy atom. The van der Waals surface area contributed by atoms with E-state index in [1.54, 1.807) is 0 Å². The number of aromatic carboxylic acids is 1. The highest BCUT2D eigenvalue weighted by Gasteiger charge is 2.09. The van der Waals surface area contributed by atoms with E-state index in [2.05, 4.69) is 15.3 Å². The summed E-state index contributed by atoms with van der Waals surface area (Å²) in [4.78, 5) is 39.6. The molecule has 0 fully saturated rings. The molecule has 7 nitrogen and oxygen atoms in total. The van der Waals surface area contributed by atoms with Crippen molar-refractivity contribution in [3.05, 3.63) is 50.3 Å². The first kappa shape index (κ1) is 13.9. The Morgan fingerprint density at radius 2 is 2.20 bits per heavy atom. The summed E-state index contributed by atoms with van der Waals surface area (Å²) in [5.74, 6) is -1.37. The van der Waals surface area contributed by atoms with Gasteiger partial charge in [0.2, 0.25) is 5.56 Å². The molecule has 0 unspecified atom stereocenters. The van der Waals surface area contributed by atoms with E-state index >= 15 is 0 Å². The first-order valence-corrected chi connectivity index (χ1v) is 6.59. The minimum Gasteiger partial charge on any atom is -0.476 e. The fraction of sp³-hybridized carbons (Fsp3) is 0.167. The van der Waals surface area contributed by atoms with Gasteiger partial charge in [-0.15, -0.1) is 11.3 Å². The van der Waals surface area contributed by atoms with Gasteiger partial charge in [0, 0.05) is 30.6 Å². The molecule has 104 valence electrons. The minimum absolute atomic E-state index is 0.0111. The summed E-state index contributed by atoms with van der Waals surface area (Å²) in [6, 6.07) is 2.70. The highest BCUT2D eigenvalue weighted by Crippen LogP contribution is 2.09. The molecule has 0 aliphatic rings. The minimum atomic E-state index is -1.07. The molecule has 0 atom stereocenters. The average Bonchev–Trinajstić information content (AvgIpc) is 2.88. The van der Waals surface area contributed by atoms with Crippen LogP contribution in [0.3, 0.4) is 0 Å². The predicted molar refractivity (Wildman–Crippen MR) is 72.2 cm³/mol. The van der Waals surface area contributed by atoms with Crippen LogP contribution in [0.2, 0.25) is 0 Å². The number of nitrogens with one attached hydrogen (secondary N) is 2. The van der Waals surface area contributed by atoms with E-state index in [0.29, 0.717) is 23.5 Å². The highest BCUT2D eigenvalue weighted by atomic mass is 32.1. The quantitative estimate of drug-likeness (QED) is 0.743. The molecule has 0 saturated heterocycles. The largest absolute Gasteiger partial charge is 0.476 e. The summed E-state index contributed by atoms with van der Waals surface area (Å²) in [5, 5.41) is 13.5. The van der Waals surface area contributed by atoms with Crippen LogP contribution < -0.4 is 10.9 Å². The highest BCUT2D eigenvalue weighted by molar-refractivity contribution is 7.09. The number of pyridine rings is 1. The molecular weight excluding hydrogens is 282 g/mol. The molecule has 0 spiro atoms. The lowest BCUT2D eigenvalue weighted by Gasteiger charge is -2.03. The van der Waals surface area contributed by atoms with Gasteiger partial charge in [0.15, 0.2) is 5.69 Å². The molecule has 0 saturated carbocycles. The summed E-state index contributed by atoms with van der Waals surface area (Å²) in [7, 11) is 0. The number of carboxylic acids is 1. The van der Waals surface area contributed by atoms with Crippen molar-refractivity contribution in [2.45, 2.75) is 6.42 Å². The first-order valence-electron chi connectivity index (χ1n) is 5.71. The summed E-state index contributed by atoms with van der Waals surface area (Å²) in [6.45, 7) is 0.338. The molecule has 0 aliphatic heterocycles. The summed E-state index contributed by atoms with van der Waals surface area (Å²) >= 11 is 1.24. The second-order valence-electron chi connectivity index (χ2n) is 3.88. The molecule has 0 bridgehead atoms. The molecule has 2 heterocycles. The van der Waals surface area contributed by atoms with E-state index in [9.17, 15) is 14.4 Å². The third-order valence-corrected chi connectivity index (χ3v) is 3.35. The second-order valence-corrected chi connectivity index (χ2v) is 4.82. The lowest BCUT2D eigenvalue weighted by Crippen LogP contribution is -2.26. The zero-order valence-corrected chi connectivity index (χ0v) is 11.1. The molecule has 1 amide bonds. The van der Waals surface area contributed by atoms with Crippen molar-refractivity contribution >= 4 is 23.2 Å². The molecule has 0 aromatic carbocycles. The van der Waals surface area contributed by atoms with Crippen LogP contribution in [0.5, 0.6) is 0 Å². The lowest BCUT2D eigenvalue weighted by atomic mass is 10.2. The monoisotopic (exact) mass is 293 g/mol. The average molecular weight is 293 g/mol. The van der Waals surface area contributed by atoms with E-state index in [1.807, 2.05) is 0 Å². The Morgan fingerprint density at radius 3 is 2.80 bits per heavy atom. The van der Waals surface area contributed by atoms with Crippen molar-refractivity contribution < 1.29 is 14.7 Å². The van der Waals surface area contributed by atoms with Crippen molar-refractivity contribution in [2.24, 2.45) is 0 Å². The van der Waals surface area contributed by atoms with Gasteiger partial charge in [0.05, 0.1) is 10.6 Å². The number of hydrogen-bond acceptors (Lipinski definition) is 5. The number of carbonyl (C=O) groups excluding carboxylic acids is 1. The number of hydrogen-bond donors (Lipinski definition) is 3. The summed E-state index contributed by atoms with van der Waals surface area (Å²) < 4.78 is 0. The van der Waals surface area contributed by atoms with Gasteiger partial charge in [0.25, 0.3) is 5.91 Å². The zero-order chi connectivity index (χ0) is 14.5. The van der Waals surface area contributed by atoms with E-state index in [0.717, 1.165) is 0 Å². The number of aromatic amines is 1. The second kappa shape index (κ2) is 6.11. The van der Waals surface area contributed by atoms with E-state index in [1.165, 1.54) is 35.0 Å². The number of H-pyrrole nitrogens is 1. The molecule has 3 N–H and O–H groups in total. The zero-order valence-electron chi connectivity index (χ0n) is 10.3. The Labute approximate surface area is 117 Å². The van der Waals surface area contributed by atoms with E-state index < -0.39 is 5.97 Å². The summed E-state index contributed by atoms with van der Waals surface area (Å²) in [5.41, 5.74) is 0.0949. The van der Waals surface area contributed by atoms with Gasteiger partial charge in [-0.3, -0.25) is 9.59 Å². The SMILES string of the molecule is O=C(NCCc1nc(C(=O)O)cs1)c1ccc(=O)[nH]c1. The van der Waals surface area contributed by atoms with Crippen molar-refractivity contribution in [3.8, 4) is 0 Å². The Kier molecular flexibility index (Phi) is 4.26. The van der Waals surface area contributed by atoms with Crippen molar-refractivity contribution in [1.82, 2.24) is 15.3 Å². The molecule has 2 aromatic rings. The molecule has 20 heavy (non-hydrogen) atoms. The maximum Gasteiger partial charge on any atom is 0.355 e.